The summed E-state index contributed by atoms with van der Waals surface area (Å²) in [7, 11) is 0. The largest absolute Gasteiger partial charge is 0.478 e. The summed E-state index contributed by atoms with van der Waals surface area (Å²) >= 11 is 0. The number of nitrogens with one attached hydrogen (secondary N) is 1. The standard InChI is InChI=1S/C30H26F3NO4/c1-19-5-7-22(34-27(37)29(12-13-29)30(31,32)33)16-24(19)23-8-6-21(26(35)36)15-25(23)28(10-3-2-4-11-28)17-20-9-14-38-18-20/h2-10,14-16,18H,11-13,17H2,1H3,(H,34,37)(H,35,36). The zero-order valence-corrected chi connectivity index (χ0v) is 20.6. The predicted molar refractivity (Wildman–Crippen MR) is 137 cm³/mol. The van der Waals surface area contributed by atoms with Crippen LogP contribution in [0.25, 0.3) is 11.1 Å². The summed E-state index contributed by atoms with van der Waals surface area (Å²) in [5, 5.41) is 12.2. The monoisotopic (exact) mass is 521 g/mol. The molecule has 1 saturated carbocycles. The van der Waals surface area contributed by atoms with Crippen molar-refractivity contribution >= 4 is 17.6 Å². The molecule has 38 heavy (non-hydrogen) atoms. The first-order chi connectivity index (χ1) is 18.0. The van der Waals surface area contributed by atoms with Gasteiger partial charge in [0.25, 0.3) is 0 Å². The first-order valence-corrected chi connectivity index (χ1v) is 12.3. The van der Waals surface area contributed by atoms with E-state index in [1.165, 1.54) is 6.07 Å². The minimum Gasteiger partial charge on any atom is -0.478 e. The molecule has 0 radical (unpaired) electrons. The molecule has 1 atom stereocenters. The van der Waals surface area contributed by atoms with Gasteiger partial charge in [-0.05, 0) is 90.8 Å². The molecule has 8 heteroatoms. The number of anilines is 1. The normalized spacial score (nSPS) is 19.8. The molecule has 0 bridgehead atoms. The van der Waals surface area contributed by atoms with Crippen molar-refractivity contribution in [2.45, 2.75) is 44.2 Å². The molecule has 1 unspecified atom stereocenters. The van der Waals surface area contributed by atoms with E-state index in [9.17, 15) is 27.9 Å². The molecule has 196 valence electrons. The Balaban J connectivity index is 1.61. The molecular weight excluding hydrogens is 495 g/mol. The van der Waals surface area contributed by atoms with Gasteiger partial charge in [-0.25, -0.2) is 4.79 Å². The fraction of sp³-hybridized carbons (Fsp3) is 0.267. The van der Waals surface area contributed by atoms with Crippen LogP contribution < -0.4 is 5.32 Å². The van der Waals surface area contributed by atoms with E-state index >= 15 is 0 Å². The Morgan fingerprint density at radius 1 is 1.05 bits per heavy atom. The smallest absolute Gasteiger partial charge is 0.403 e. The highest BCUT2D eigenvalue weighted by Crippen LogP contribution is 2.58. The molecule has 5 rings (SSSR count). The number of halogens is 3. The molecule has 2 aromatic carbocycles. The molecule has 0 saturated heterocycles. The van der Waals surface area contributed by atoms with E-state index in [-0.39, 0.29) is 24.1 Å². The maximum atomic E-state index is 13.5. The Morgan fingerprint density at radius 2 is 1.84 bits per heavy atom. The molecule has 1 aromatic heterocycles. The summed E-state index contributed by atoms with van der Waals surface area (Å²) in [6.45, 7) is 1.87. The van der Waals surface area contributed by atoms with Gasteiger partial charge < -0.3 is 14.8 Å². The second kappa shape index (κ2) is 9.35. The Bertz CT molecular complexity index is 1450. The first kappa shape index (κ1) is 25.6. The maximum absolute atomic E-state index is 13.5. The number of benzene rings is 2. The highest BCUT2D eigenvalue weighted by Gasteiger charge is 2.68. The van der Waals surface area contributed by atoms with Crippen LogP contribution in [0.15, 0.2) is 83.7 Å². The Labute approximate surface area is 217 Å². The lowest BCUT2D eigenvalue weighted by Gasteiger charge is -2.34. The minimum absolute atomic E-state index is 0.126. The van der Waals surface area contributed by atoms with Crippen molar-refractivity contribution in [2.75, 3.05) is 5.32 Å². The number of hydrogen-bond donors (Lipinski definition) is 2. The highest BCUT2D eigenvalue weighted by molar-refractivity contribution is 5.98. The zero-order chi connectivity index (χ0) is 27.1. The lowest BCUT2D eigenvalue weighted by Crippen LogP contribution is -2.36. The molecule has 2 aliphatic rings. The number of carbonyl (C=O) groups is 2. The molecule has 0 spiro atoms. The number of rotatable bonds is 7. The molecule has 0 aliphatic heterocycles. The van der Waals surface area contributed by atoms with Gasteiger partial charge in [-0.15, -0.1) is 0 Å². The van der Waals surface area contributed by atoms with Gasteiger partial charge in [0, 0.05) is 11.1 Å². The van der Waals surface area contributed by atoms with Gasteiger partial charge in [-0.2, -0.15) is 13.2 Å². The number of carbonyl (C=O) groups excluding carboxylic acids is 1. The van der Waals surface area contributed by atoms with Crippen LogP contribution in [-0.2, 0) is 16.6 Å². The van der Waals surface area contributed by atoms with Crippen molar-refractivity contribution < 1.29 is 32.3 Å². The maximum Gasteiger partial charge on any atom is 0.403 e. The molecule has 3 aromatic rings. The van der Waals surface area contributed by atoms with Crippen molar-refractivity contribution in [3.63, 3.8) is 0 Å². The summed E-state index contributed by atoms with van der Waals surface area (Å²) in [6.07, 6.45) is 7.27. The van der Waals surface area contributed by atoms with Gasteiger partial charge in [-0.3, -0.25) is 4.79 Å². The van der Waals surface area contributed by atoms with Gasteiger partial charge in [0.15, 0.2) is 0 Å². The zero-order valence-electron chi connectivity index (χ0n) is 20.6. The van der Waals surface area contributed by atoms with E-state index in [0.717, 1.165) is 22.3 Å². The second-order valence-corrected chi connectivity index (χ2v) is 10.1. The first-order valence-electron chi connectivity index (χ1n) is 12.3. The minimum atomic E-state index is -4.61. The topological polar surface area (TPSA) is 79.5 Å². The number of aromatic carboxylic acids is 1. The van der Waals surface area contributed by atoms with E-state index in [2.05, 4.69) is 5.32 Å². The van der Waals surface area contributed by atoms with Gasteiger partial charge >= 0.3 is 12.1 Å². The Kier molecular flexibility index (Phi) is 6.29. The fourth-order valence-electron chi connectivity index (χ4n) is 5.18. The Morgan fingerprint density at radius 3 is 2.45 bits per heavy atom. The van der Waals surface area contributed by atoms with Crippen LogP contribution in [0.1, 0.15) is 46.3 Å². The van der Waals surface area contributed by atoms with E-state index in [1.54, 1.807) is 42.9 Å². The third kappa shape index (κ3) is 4.55. The quantitative estimate of drug-likeness (QED) is 0.344. The summed E-state index contributed by atoms with van der Waals surface area (Å²) in [6, 6.07) is 11.8. The molecule has 5 nitrogen and oxygen atoms in total. The third-order valence-electron chi connectivity index (χ3n) is 7.56. The second-order valence-electron chi connectivity index (χ2n) is 10.1. The van der Waals surface area contributed by atoms with Crippen LogP contribution >= 0.6 is 0 Å². The summed E-state index contributed by atoms with van der Waals surface area (Å²) in [4.78, 5) is 24.6. The number of hydrogen-bond acceptors (Lipinski definition) is 3. The number of alkyl halides is 3. The number of amides is 1. The third-order valence-corrected chi connectivity index (χ3v) is 7.56. The number of aryl methyl sites for hydroxylation is 1. The van der Waals surface area contributed by atoms with E-state index in [1.807, 2.05) is 37.3 Å². The molecule has 1 fully saturated rings. The van der Waals surface area contributed by atoms with Gasteiger partial charge in [0.2, 0.25) is 5.91 Å². The average molecular weight is 522 g/mol. The van der Waals surface area contributed by atoms with Crippen LogP contribution in [0.5, 0.6) is 0 Å². The van der Waals surface area contributed by atoms with Gasteiger partial charge in [0.1, 0.15) is 5.41 Å². The molecule has 1 amide bonds. The van der Waals surface area contributed by atoms with Crippen molar-refractivity contribution in [2.24, 2.45) is 5.41 Å². The fourth-order valence-corrected chi connectivity index (χ4v) is 5.18. The number of carboxylic acid groups (broad SMARTS) is 1. The van der Waals surface area contributed by atoms with E-state index < -0.39 is 28.9 Å². The van der Waals surface area contributed by atoms with Crippen molar-refractivity contribution in [1.29, 1.82) is 0 Å². The summed E-state index contributed by atoms with van der Waals surface area (Å²) < 4.78 is 45.8. The highest BCUT2D eigenvalue weighted by atomic mass is 19.4. The van der Waals surface area contributed by atoms with E-state index in [4.69, 9.17) is 4.42 Å². The SMILES string of the molecule is Cc1ccc(NC(=O)C2(C(F)(F)F)CC2)cc1-c1ccc(C(=O)O)cc1C1(Cc2ccoc2)C=CC=CC1. The lowest BCUT2D eigenvalue weighted by atomic mass is 9.69. The number of furan rings is 1. The van der Waals surface area contributed by atoms with Gasteiger partial charge in [-0.1, -0.05) is 36.4 Å². The van der Waals surface area contributed by atoms with Gasteiger partial charge in [0.05, 0.1) is 18.1 Å². The molecular formula is C30H26F3NO4. The van der Waals surface area contributed by atoms with Crippen LogP contribution in [0.3, 0.4) is 0 Å². The van der Waals surface area contributed by atoms with Crippen molar-refractivity contribution in [1.82, 2.24) is 0 Å². The number of allylic oxidation sites excluding steroid dienone is 4. The average Bonchev–Trinajstić information content (AvgIpc) is 3.57. The van der Waals surface area contributed by atoms with Crippen LogP contribution in [0.2, 0.25) is 0 Å². The van der Waals surface area contributed by atoms with E-state index in [0.29, 0.717) is 18.4 Å². The lowest BCUT2D eigenvalue weighted by molar-refractivity contribution is -0.189. The number of carboxylic acids is 1. The van der Waals surface area contributed by atoms with Crippen LogP contribution in [0, 0.1) is 12.3 Å². The van der Waals surface area contributed by atoms with Crippen molar-refractivity contribution in [3.8, 4) is 11.1 Å². The predicted octanol–water partition coefficient (Wildman–Crippen LogP) is 7.23. The summed E-state index contributed by atoms with van der Waals surface area (Å²) in [5.41, 5.74) is 1.42. The molecule has 2 N–H and O–H groups in total. The van der Waals surface area contributed by atoms with Crippen LogP contribution in [0.4, 0.5) is 18.9 Å². The summed E-state index contributed by atoms with van der Waals surface area (Å²) in [5.74, 6) is -2.12. The van der Waals surface area contributed by atoms with Crippen LogP contribution in [-0.4, -0.2) is 23.2 Å². The molecule has 2 aliphatic carbocycles. The van der Waals surface area contributed by atoms with Crippen molar-refractivity contribution in [3.05, 3.63) is 102 Å². The Hall–Kier alpha value is -4.07. The molecule has 1 heterocycles.